The summed E-state index contributed by atoms with van der Waals surface area (Å²) in [5.74, 6) is -1.24. The zero-order chi connectivity index (χ0) is 22.0. The SMILES string of the molecule is O=C(Nc1ccc(C2(NC(=O)c3ccc(Cl)c(F)c3)CCC2)cc1)c1cccc(Cl)c1. The Kier molecular flexibility index (Phi) is 5.99. The van der Waals surface area contributed by atoms with E-state index >= 15 is 0 Å². The van der Waals surface area contributed by atoms with Gasteiger partial charge in [-0.1, -0.05) is 41.4 Å². The molecule has 2 amide bonds. The van der Waals surface area contributed by atoms with E-state index in [1.807, 2.05) is 12.1 Å². The van der Waals surface area contributed by atoms with Crippen molar-refractivity contribution in [2.45, 2.75) is 24.8 Å². The Balaban J connectivity index is 1.48. The van der Waals surface area contributed by atoms with Crippen molar-refractivity contribution in [3.05, 3.63) is 99.3 Å². The third-order valence-electron chi connectivity index (χ3n) is 5.52. The summed E-state index contributed by atoms with van der Waals surface area (Å²) in [4.78, 5) is 25.1. The number of halogens is 3. The van der Waals surface area contributed by atoms with Gasteiger partial charge in [0.25, 0.3) is 11.8 Å². The number of anilines is 1. The van der Waals surface area contributed by atoms with Crippen LogP contribution in [0, 0.1) is 5.82 Å². The molecule has 3 aromatic carbocycles. The molecule has 0 heterocycles. The van der Waals surface area contributed by atoms with E-state index in [9.17, 15) is 14.0 Å². The Bertz CT molecular complexity index is 1140. The summed E-state index contributed by atoms with van der Waals surface area (Å²) in [7, 11) is 0. The Labute approximate surface area is 189 Å². The van der Waals surface area contributed by atoms with Crippen LogP contribution in [0.4, 0.5) is 10.1 Å². The number of hydrogen-bond donors (Lipinski definition) is 2. The molecule has 3 aromatic rings. The lowest BCUT2D eigenvalue weighted by molar-refractivity contribution is 0.0822. The molecule has 7 heteroatoms. The van der Waals surface area contributed by atoms with E-state index in [1.165, 1.54) is 12.1 Å². The fourth-order valence-electron chi connectivity index (χ4n) is 3.65. The Hall–Kier alpha value is -2.89. The molecule has 0 aromatic heterocycles. The van der Waals surface area contributed by atoms with Crippen LogP contribution in [0.1, 0.15) is 45.5 Å². The van der Waals surface area contributed by atoms with Crippen LogP contribution >= 0.6 is 23.2 Å². The van der Waals surface area contributed by atoms with Gasteiger partial charge in [-0.3, -0.25) is 9.59 Å². The molecule has 0 aliphatic heterocycles. The first-order valence-corrected chi connectivity index (χ1v) is 10.6. The molecular formula is C24H19Cl2FN2O2. The third-order valence-corrected chi connectivity index (χ3v) is 6.07. The number of hydrogen-bond acceptors (Lipinski definition) is 2. The zero-order valence-corrected chi connectivity index (χ0v) is 17.9. The molecule has 0 bridgehead atoms. The molecule has 0 unspecified atom stereocenters. The van der Waals surface area contributed by atoms with Gasteiger partial charge in [0, 0.05) is 21.8 Å². The van der Waals surface area contributed by atoms with Gasteiger partial charge in [0.15, 0.2) is 0 Å². The van der Waals surface area contributed by atoms with Gasteiger partial charge in [0.1, 0.15) is 5.82 Å². The second kappa shape index (κ2) is 8.69. The highest BCUT2D eigenvalue weighted by molar-refractivity contribution is 6.31. The van der Waals surface area contributed by atoms with Crippen LogP contribution in [0.5, 0.6) is 0 Å². The molecule has 2 N–H and O–H groups in total. The molecule has 158 valence electrons. The van der Waals surface area contributed by atoms with Gasteiger partial charge < -0.3 is 10.6 Å². The van der Waals surface area contributed by atoms with Crippen molar-refractivity contribution in [3.8, 4) is 0 Å². The number of carbonyl (C=O) groups is 2. The second-order valence-corrected chi connectivity index (χ2v) is 8.40. The summed E-state index contributed by atoms with van der Waals surface area (Å²) >= 11 is 11.7. The van der Waals surface area contributed by atoms with E-state index in [1.54, 1.807) is 36.4 Å². The Morgan fingerprint density at radius 3 is 2.19 bits per heavy atom. The molecule has 31 heavy (non-hydrogen) atoms. The molecule has 0 radical (unpaired) electrons. The predicted octanol–water partition coefficient (Wildman–Crippen LogP) is 6.19. The van der Waals surface area contributed by atoms with Gasteiger partial charge in [-0.05, 0) is 73.4 Å². The molecule has 0 spiro atoms. The van der Waals surface area contributed by atoms with Gasteiger partial charge in [-0.15, -0.1) is 0 Å². The molecular weight excluding hydrogens is 438 g/mol. The van der Waals surface area contributed by atoms with Crippen molar-refractivity contribution in [3.63, 3.8) is 0 Å². The van der Waals surface area contributed by atoms with Crippen LogP contribution in [0.3, 0.4) is 0 Å². The number of benzene rings is 3. The van der Waals surface area contributed by atoms with Crippen molar-refractivity contribution >= 4 is 40.7 Å². The molecule has 0 atom stereocenters. The molecule has 4 nitrogen and oxygen atoms in total. The van der Waals surface area contributed by atoms with Crippen molar-refractivity contribution in [2.24, 2.45) is 0 Å². The van der Waals surface area contributed by atoms with Crippen LogP contribution in [-0.4, -0.2) is 11.8 Å². The molecule has 1 aliphatic rings. The minimum Gasteiger partial charge on any atom is -0.343 e. The lowest BCUT2D eigenvalue weighted by Crippen LogP contribution is -2.50. The summed E-state index contributed by atoms with van der Waals surface area (Å²) in [5.41, 5.74) is 1.74. The maximum atomic E-state index is 13.7. The lowest BCUT2D eigenvalue weighted by Gasteiger charge is -2.43. The van der Waals surface area contributed by atoms with Gasteiger partial charge in [0.05, 0.1) is 10.6 Å². The van der Waals surface area contributed by atoms with E-state index in [4.69, 9.17) is 23.2 Å². The lowest BCUT2D eigenvalue weighted by atomic mass is 9.71. The predicted molar refractivity (Wildman–Crippen MR) is 120 cm³/mol. The van der Waals surface area contributed by atoms with Gasteiger partial charge in [-0.2, -0.15) is 0 Å². The summed E-state index contributed by atoms with van der Waals surface area (Å²) in [5, 5.41) is 6.36. The average Bonchev–Trinajstić information content (AvgIpc) is 2.73. The molecule has 0 saturated heterocycles. The van der Waals surface area contributed by atoms with Crippen molar-refractivity contribution in [1.82, 2.24) is 5.32 Å². The highest BCUT2D eigenvalue weighted by atomic mass is 35.5. The van der Waals surface area contributed by atoms with Gasteiger partial charge >= 0.3 is 0 Å². The Morgan fingerprint density at radius 1 is 0.871 bits per heavy atom. The summed E-state index contributed by atoms with van der Waals surface area (Å²) < 4.78 is 13.7. The van der Waals surface area contributed by atoms with Crippen molar-refractivity contribution in [2.75, 3.05) is 5.32 Å². The fraction of sp³-hybridized carbons (Fsp3) is 0.167. The van der Waals surface area contributed by atoms with Crippen LogP contribution in [0.15, 0.2) is 66.7 Å². The quantitative estimate of drug-likeness (QED) is 0.480. The van der Waals surface area contributed by atoms with E-state index in [-0.39, 0.29) is 22.4 Å². The summed E-state index contributed by atoms with van der Waals surface area (Å²) in [6.07, 6.45) is 2.54. The number of nitrogens with one attached hydrogen (secondary N) is 2. The van der Waals surface area contributed by atoms with E-state index in [0.717, 1.165) is 30.9 Å². The van der Waals surface area contributed by atoms with Gasteiger partial charge in [-0.25, -0.2) is 4.39 Å². The van der Waals surface area contributed by atoms with Crippen LogP contribution < -0.4 is 10.6 Å². The first kappa shape index (κ1) is 21.3. The molecule has 1 fully saturated rings. The average molecular weight is 457 g/mol. The smallest absolute Gasteiger partial charge is 0.255 e. The minimum atomic E-state index is -0.628. The number of amides is 2. The Morgan fingerprint density at radius 2 is 1.58 bits per heavy atom. The molecule has 1 saturated carbocycles. The van der Waals surface area contributed by atoms with Gasteiger partial charge in [0.2, 0.25) is 0 Å². The second-order valence-electron chi connectivity index (χ2n) is 7.56. The first-order valence-electron chi connectivity index (χ1n) is 9.81. The van der Waals surface area contributed by atoms with E-state index in [0.29, 0.717) is 16.3 Å². The standard InChI is InChI=1S/C24H19Cl2FN2O2/c25-18-4-1-3-15(13-18)22(30)28-19-8-6-17(7-9-19)24(11-2-12-24)29-23(31)16-5-10-20(26)21(27)14-16/h1,3-10,13-14H,2,11-12H2,(H,28,30)(H,29,31). The molecule has 4 rings (SSSR count). The normalized spacial score (nSPS) is 14.4. The van der Waals surface area contributed by atoms with Crippen LogP contribution in [0.25, 0.3) is 0 Å². The zero-order valence-electron chi connectivity index (χ0n) is 16.4. The summed E-state index contributed by atoms with van der Waals surface area (Å²) in [6.45, 7) is 0. The largest absolute Gasteiger partial charge is 0.343 e. The maximum Gasteiger partial charge on any atom is 0.255 e. The highest BCUT2D eigenvalue weighted by Gasteiger charge is 2.40. The first-order chi connectivity index (χ1) is 14.9. The highest BCUT2D eigenvalue weighted by Crippen LogP contribution is 2.42. The third kappa shape index (κ3) is 4.58. The van der Waals surface area contributed by atoms with Crippen LogP contribution in [0.2, 0.25) is 10.0 Å². The van der Waals surface area contributed by atoms with Crippen LogP contribution in [-0.2, 0) is 5.54 Å². The number of carbonyl (C=O) groups excluding carboxylic acids is 2. The van der Waals surface area contributed by atoms with Crippen molar-refractivity contribution in [1.29, 1.82) is 0 Å². The molecule has 1 aliphatic carbocycles. The minimum absolute atomic E-state index is 0.0229. The maximum absolute atomic E-state index is 13.7. The monoisotopic (exact) mass is 456 g/mol. The fourth-order valence-corrected chi connectivity index (χ4v) is 3.96. The van der Waals surface area contributed by atoms with E-state index in [2.05, 4.69) is 10.6 Å². The van der Waals surface area contributed by atoms with E-state index < -0.39 is 11.4 Å². The summed E-state index contributed by atoms with van der Waals surface area (Å²) in [6, 6.07) is 18.1. The van der Waals surface area contributed by atoms with Crippen molar-refractivity contribution < 1.29 is 14.0 Å². The topological polar surface area (TPSA) is 58.2 Å². The number of rotatable bonds is 5.